The number of hydrogen-bond acceptors (Lipinski definition) is 6. The van der Waals surface area contributed by atoms with Gasteiger partial charge in [0.15, 0.2) is 17.9 Å². The number of allylic oxidation sites excluding steroid dienone is 4. The van der Waals surface area contributed by atoms with Gasteiger partial charge in [-0.05, 0) is 44.9 Å². The number of fused-ring (bicyclic) bond motifs is 5. The van der Waals surface area contributed by atoms with Crippen LogP contribution in [0.1, 0.15) is 99.8 Å². The summed E-state index contributed by atoms with van der Waals surface area (Å²) in [7, 11) is 0. The lowest BCUT2D eigenvalue weighted by molar-refractivity contribution is -0.228. The van der Waals surface area contributed by atoms with E-state index >= 15 is 4.39 Å². The molecule has 3 saturated carbocycles. The number of hydrogen-bond donors (Lipinski definition) is 1. The van der Waals surface area contributed by atoms with Crippen LogP contribution in [0.3, 0.4) is 0 Å². The van der Waals surface area contributed by atoms with Gasteiger partial charge >= 0.3 is 11.9 Å². The lowest BCUT2D eigenvalue weighted by Crippen LogP contribution is -2.70. The van der Waals surface area contributed by atoms with Crippen molar-refractivity contribution in [2.24, 2.45) is 28.6 Å². The van der Waals surface area contributed by atoms with E-state index in [1.54, 1.807) is 13.8 Å². The number of esters is 2. The molecule has 0 spiro atoms. The summed E-state index contributed by atoms with van der Waals surface area (Å²) in [6.07, 6.45) is 8.59. The Kier molecular flexibility index (Phi) is 9.02. The molecule has 4 rings (SSSR count). The standard InChI is InChI=1S/C28H39FO6.C3H8/c1-6-23(32)34-16-22(31)28(35-24(33)7-2)17(3)14-20-19-12-11-18-10-8-9-13-25(18,4)27(19,29)21(30)15-26(20,28)5;1-3-2/h9-10,13,17,19-21,30H,6-8,11-12,14-16H2,1-5H3;3H2,1-2H3/t17-,19-,20-,21-,25-,26-,27-,28-;/m0./s1. The number of ether oxygens (including phenoxy) is 2. The summed E-state index contributed by atoms with van der Waals surface area (Å²) in [6.45, 7) is 12.6. The van der Waals surface area contributed by atoms with Gasteiger partial charge in [-0.3, -0.25) is 14.4 Å². The maximum Gasteiger partial charge on any atom is 0.306 e. The summed E-state index contributed by atoms with van der Waals surface area (Å²) in [5.41, 5.74) is -4.37. The molecule has 4 aliphatic rings. The van der Waals surface area contributed by atoms with Gasteiger partial charge in [-0.15, -0.1) is 0 Å². The van der Waals surface area contributed by atoms with Gasteiger partial charge in [-0.25, -0.2) is 4.39 Å². The second-order valence-electron chi connectivity index (χ2n) is 12.1. The Morgan fingerprint density at radius 2 is 1.71 bits per heavy atom. The van der Waals surface area contributed by atoms with Crippen LogP contribution in [0.2, 0.25) is 0 Å². The number of carbonyl (C=O) groups is 3. The van der Waals surface area contributed by atoms with E-state index < -0.39 is 64.4 Å². The van der Waals surface area contributed by atoms with Gasteiger partial charge in [0.1, 0.15) is 0 Å². The van der Waals surface area contributed by atoms with E-state index in [4.69, 9.17) is 9.47 Å². The fourth-order valence-corrected chi connectivity index (χ4v) is 8.14. The van der Waals surface area contributed by atoms with Crippen molar-refractivity contribution in [2.75, 3.05) is 6.61 Å². The number of aliphatic hydroxyl groups excluding tert-OH is 1. The van der Waals surface area contributed by atoms with Gasteiger partial charge in [0, 0.05) is 35.5 Å². The van der Waals surface area contributed by atoms with Gasteiger partial charge in [-0.1, -0.05) is 71.8 Å². The van der Waals surface area contributed by atoms with Gasteiger partial charge in [0.25, 0.3) is 0 Å². The molecular weight excluding hydrogens is 487 g/mol. The van der Waals surface area contributed by atoms with Crippen LogP contribution in [0.15, 0.2) is 23.8 Å². The minimum atomic E-state index is -1.89. The molecule has 3 fully saturated rings. The highest BCUT2D eigenvalue weighted by molar-refractivity contribution is 5.93. The van der Waals surface area contributed by atoms with Gasteiger partial charge in [0.05, 0.1) is 6.10 Å². The van der Waals surface area contributed by atoms with E-state index in [0.717, 1.165) is 18.4 Å². The summed E-state index contributed by atoms with van der Waals surface area (Å²) in [5.74, 6) is -2.74. The zero-order chi connectivity index (χ0) is 28.5. The third-order valence-electron chi connectivity index (χ3n) is 9.87. The summed E-state index contributed by atoms with van der Waals surface area (Å²) >= 11 is 0. The number of aliphatic hydroxyl groups is 1. The monoisotopic (exact) mass is 534 g/mol. The molecule has 0 aromatic carbocycles. The molecule has 6 nitrogen and oxygen atoms in total. The van der Waals surface area contributed by atoms with Crippen molar-refractivity contribution in [1.29, 1.82) is 0 Å². The first-order valence-electron chi connectivity index (χ1n) is 14.5. The van der Waals surface area contributed by atoms with Crippen LogP contribution in [-0.4, -0.2) is 46.8 Å². The predicted molar refractivity (Wildman–Crippen MR) is 144 cm³/mol. The Labute approximate surface area is 227 Å². The SMILES string of the molecule is CCC.CCC(=O)OCC(=O)[C@@]1(OC(=O)CC)[C@@H](C)C[C@H]2[C@@H]3CCC4=CCC=C[C@]4(C)[C@@]3(F)[C@@H](O)C[C@@]21C. The molecule has 0 heterocycles. The molecule has 0 bridgehead atoms. The summed E-state index contributed by atoms with van der Waals surface area (Å²) in [5, 5.41) is 11.6. The Morgan fingerprint density at radius 1 is 1.08 bits per heavy atom. The van der Waals surface area contributed by atoms with E-state index in [-0.39, 0.29) is 25.2 Å². The molecular formula is C31H47FO6. The van der Waals surface area contributed by atoms with Crippen molar-refractivity contribution in [3.05, 3.63) is 23.8 Å². The molecule has 7 heteroatoms. The summed E-state index contributed by atoms with van der Waals surface area (Å²) < 4.78 is 28.5. The first-order valence-corrected chi connectivity index (χ1v) is 14.5. The van der Waals surface area contributed by atoms with E-state index in [9.17, 15) is 19.5 Å². The topological polar surface area (TPSA) is 89.9 Å². The van der Waals surface area contributed by atoms with Crippen LogP contribution < -0.4 is 0 Å². The third-order valence-corrected chi connectivity index (χ3v) is 9.87. The molecule has 4 aliphatic carbocycles. The van der Waals surface area contributed by atoms with E-state index in [1.165, 1.54) is 6.42 Å². The fraction of sp³-hybridized carbons (Fsp3) is 0.774. The van der Waals surface area contributed by atoms with E-state index in [2.05, 4.69) is 19.9 Å². The van der Waals surface area contributed by atoms with Crippen molar-refractivity contribution in [2.45, 2.75) is 117 Å². The Bertz CT molecular complexity index is 989. The molecule has 0 amide bonds. The van der Waals surface area contributed by atoms with Crippen molar-refractivity contribution >= 4 is 17.7 Å². The lowest BCUT2D eigenvalue weighted by atomic mass is 9.44. The lowest BCUT2D eigenvalue weighted by Gasteiger charge is -2.63. The molecule has 214 valence electrons. The Hall–Kier alpha value is -2.02. The minimum absolute atomic E-state index is 0.0177. The average Bonchev–Trinajstić information content (AvgIpc) is 3.09. The molecule has 1 N–H and O–H groups in total. The number of ketones is 1. The Morgan fingerprint density at radius 3 is 2.32 bits per heavy atom. The highest BCUT2D eigenvalue weighted by atomic mass is 19.1. The number of carbonyl (C=O) groups excluding carboxylic acids is 3. The van der Waals surface area contributed by atoms with Crippen molar-refractivity contribution < 1.29 is 33.4 Å². The molecule has 0 unspecified atom stereocenters. The highest BCUT2D eigenvalue weighted by Gasteiger charge is 2.77. The number of Topliss-reactive ketones (excluding diaryl/α,β-unsaturated/α-hetero) is 1. The number of alkyl halides is 1. The first kappa shape index (κ1) is 30.5. The minimum Gasteiger partial charge on any atom is -0.457 e. The second-order valence-corrected chi connectivity index (χ2v) is 12.1. The fourth-order valence-electron chi connectivity index (χ4n) is 8.14. The third kappa shape index (κ3) is 4.37. The van der Waals surface area contributed by atoms with Crippen molar-refractivity contribution in [3.8, 4) is 0 Å². The smallest absolute Gasteiger partial charge is 0.306 e. The largest absolute Gasteiger partial charge is 0.457 e. The van der Waals surface area contributed by atoms with Crippen LogP contribution >= 0.6 is 0 Å². The van der Waals surface area contributed by atoms with Crippen LogP contribution in [0.4, 0.5) is 4.39 Å². The molecule has 0 aromatic heterocycles. The molecule has 0 saturated heterocycles. The average molecular weight is 535 g/mol. The van der Waals surface area contributed by atoms with Crippen LogP contribution in [0.25, 0.3) is 0 Å². The van der Waals surface area contributed by atoms with Gasteiger partial charge in [-0.2, -0.15) is 0 Å². The van der Waals surface area contributed by atoms with Crippen LogP contribution in [-0.2, 0) is 23.9 Å². The van der Waals surface area contributed by atoms with Crippen LogP contribution in [0.5, 0.6) is 0 Å². The second kappa shape index (κ2) is 11.2. The van der Waals surface area contributed by atoms with E-state index in [1.807, 2.05) is 32.9 Å². The zero-order valence-electron chi connectivity index (χ0n) is 24.3. The van der Waals surface area contributed by atoms with Crippen molar-refractivity contribution in [3.63, 3.8) is 0 Å². The quantitative estimate of drug-likeness (QED) is 0.329. The predicted octanol–water partition coefficient (Wildman–Crippen LogP) is 6.05. The van der Waals surface area contributed by atoms with Gasteiger partial charge in [0.2, 0.25) is 5.78 Å². The van der Waals surface area contributed by atoms with Crippen LogP contribution in [0, 0.1) is 28.6 Å². The molecule has 0 aromatic rings. The molecule has 38 heavy (non-hydrogen) atoms. The molecule has 0 radical (unpaired) electrons. The normalized spacial score (nSPS) is 40.9. The van der Waals surface area contributed by atoms with Gasteiger partial charge < -0.3 is 14.6 Å². The highest BCUT2D eigenvalue weighted by Crippen LogP contribution is 2.71. The first-order chi connectivity index (χ1) is 17.8. The molecule has 0 aliphatic heterocycles. The summed E-state index contributed by atoms with van der Waals surface area (Å²) in [4.78, 5) is 38.3. The van der Waals surface area contributed by atoms with E-state index in [0.29, 0.717) is 12.8 Å². The zero-order valence-corrected chi connectivity index (χ0v) is 24.3. The Balaban J connectivity index is 0.00000127. The summed E-state index contributed by atoms with van der Waals surface area (Å²) in [6, 6.07) is 0. The van der Waals surface area contributed by atoms with Crippen molar-refractivity contribution in [1.82, 2.24) is 0 Å². The number of halogens is 1. The maximum atomic E-state index is 17.3. The molecule has 8 atom stereocenters. The maximum absolute atomic E-state index is 17.3. The number of rotatable bonds is 6.